The molecule has 66 heavy (non-hydrogen) atoms. The Morgan fingerprint density at radius 2 is 1.08 bits per heavy atom. The van der Waals surface area contributed by atoms with Crippen molar-refractivity contribution in [2.75, 3.05) is 0 Å². The molecule has 0 bridgehead atoms. The Hall–Kier alpha value is -7.37. The number of hydrogen-bond acceptors (Lipinski definition) is 4. The van der Waals surface area contributed by atoms with E-state index in [4.69, 9.17) is 15.0 Å². The van der Waals surface area contributed by atoms with Gasteiger partial charge in [-0.05, 0) is 139 Å². The third-order valence-electron chi connectivity index (χ3n) is 13.1. The van der Waals surface area contributed by atoms with Crippen LogP contribution < -0.4 is 0 Å². The first-order valence-electron chi connectivity index (χ1n) is 23.0. The van der Waals surface area contributed by atoms with Gasteiger partial charge in [0.15, 0.2) is 0 Å². The van der Waals surface area contributed by atoms with Crippen LogP contribution in [0.1, 0.15) is 79.0 Å². The Labute approximate surface area is 388 Å². The fraction of sp³-hybridized carbons (Fsp3) is 0.197. The van der Waals surface area contributed by atoms with Gasteiger partial charge in [0.2, 0.25) is 0 Å². The zero-order valence-corrected chi connectivity index (χ0v) is 39.4. The van der Waals surface area contributed by atoms with Crippen LogP contribution in [-0.4, -0.2) is 24.6 Å². The highest BCUT2D eigenvalue weighted by Gasteiger charge is 2.26. The topological polar surface area (TPSA) is 63.8 Å². The summed E-state index contributed by atoms with van der Waals surface area (Å²) in [4.78, 5) is 15.5. The summed E-state index contributed by atoms with van der Waals surface area (Å²) < 4.78 is 2.24. The monoisotopic (exact) mass is 860 g/mol. The van der Waals surface area contributed by atoms with Crippen LogP contribution in [0, 0.1) is 0 Å². The molecular weight excluding hydrogens is 805 g/mol. The molecule has 3 heterocycles. The molecule has 0 atom stereocenters. The summed E-state index contributed by atoms with van der Waals surface area (Å²) in [5.74, 6) is 0.867. The summed E-state index contributed by atoms with van der Waals surface area (Å²) in [6.07, 6.45) is 3.75. The smallest absolute Gasteiger partial charge is 0.149 e. The predicted octanol–water partition coefficient (Wildman–Crippen LogP) is 16.1. The number of pyridine rings is 2. The van der Waals surface area contributed by atoms with Crippen molar-refractivity contribution in [3.63, 3.8) is 0 Å². The number of fused-ring (bicyclic) bond motifs is 3. The van der Waals surface area contributed by atoms with E-state index in [1.165, 1.54) is 21.9 Å². The quantitative estimate of drug-likeness (QED) is 0.181. The molecule has 0 radical (unpaired) electrons. The Bertz CT molecular complexity index is 3460. The van der Waals surface area contributed by atoms with Crippen molar-refractivity contribution in [2.45, 2.75) is 78.6 Å². The van der Waals surface area contributed by atoms with E-state index in [1.54, 1.807) is 0 Å². The van der Waals surface area contributed by atoms with Crippen molar-refractivity contribution in [3.8, 4) is 67.5 Å². The average molecular weight is 861 g/mol. The zero-order valence-electron chi connectivity index (χ0n) is 39.4. The van der Waals surface area contributed by atoms with Gasteiger partial charge in [0.25, 0.3) is 0 Å². The van der Waals surface area contributed by atoms with E-state index in [-0.39, 0.29) is 22.0 Å². The molecule has 5 heteroatoms. The van der Waals surface area contributed by atoms with Gasteiger partial charge in [-0.3, -0.25) is 14.5 Å². The fourth-order valence-corrected chi connectivity index (χ4v) is 9.27. The summed E-state index contributed by atoms with van der Waals surface area (Å²) in [6.45, 7) is 20.1. The van der Waals surface area contributed by atoms with Crippen LogP contribution in [0.2, 0.25) is 0 Å². The summed E-state index contributed by atoms with van der Waals surface area (Å²) in [5, 5.41) is 15.2. The number of rotatable bonds is 6. The molecule has 0 aliphatic heterocycles. The van der Waals surface area contributed by atoms with Gasteiger partial charge in [-0.15, -0.1) is 0 Å². The maximum absolute atomic E-state index is 11.8. The molecule has 0 unspecified atom stereocenters. The molecule has 0 aliphatic carbocycles. The van der Waals surface area contributed by atoms with E-state index in [0.717, 1.165) is 77.8 Å². The van der Waals surface area contributed by atoms with Gasteiger partial charge in [0, 0.05) is 40.2 Å². The van der Waals surface area contributed by atoms with Crippen LogP contribution in [0.4, 0.5) is 0 Å². The van der Waals surface area contributed by atoms with Crippen LogP contribution in [0.15, 0.2) is 170 Å². The minimum atomic E-state index is -0.150. The van der Waals surface area contributed by atoms with Crippen LogP contribution in [0.3, 0.4) is 0 Å². The van der Waals surface area contributed by atoms with E-state index in [2.05, 4.69) is 200 Å². The third-order valence-corrected chi connectivity index (χ3v) is 13.1. The lowest BCUT2D eigenvalue weighted by molar-refractivity contribution is 0.475. The van der Waals surface area contributed by atoms with Gasteiger partial charge in [-0.25, -0.2) is 4.98 Å². The molecule has 0 saturated heterocycles. The van der Waals surface area contributed by atoms with E-state index in [0.29, 0.717) is 11.4 Å². The maximum Gasteiger partial charge on any atom is 0.149 e. The lowest BCUT2D eigenvalue weighted by atomic mass is 9.83. The molecule has 0 spiro atoms. The first-order chi connectivity index (χ1) is 31.5. The molecule has 1 N–H and O–H groups in total. The van der Waals surface area contributed by atoms with Gasteiger partial charge in [-0.2, -0.15) is 0 Å². The van der Waals surface area contributed by atoms with Gasteiger partial charge >= 0.3 is 0 Å². The van der Waals surface area contributed by atoms with Crippen LogP contribution in [0.5, 0.6) is 5.75 Å². The number of nitrogens with zero attached hydrogens (tertiary/aromatic N) is 4. The minimum Gasteiger partial charge on any atom is -0.507 e. The molecule has 10 aromatic rings. The number of imidazole rings is 1. The largest absolute Gasteiger partial charge is 0.507 e. The number of phenols is 1. The molecule has 10 rings (SSSR count). The number of hydrogen-bond donors (Lipinski definition) is 1. The second-order valence-corrected chi connectivity index (χ2v) is 20.8. The Morgan fingerprint density at radius 1 is 0.424 bits per heavy atom. The lowest BCUT2D eigenvalue weighted by Gasteiger charge is -2.22. The molecule has 326 valence electrons. The highest BCUT2D eigenvalue weighted by molar-refractivity contribution is 6.06. The van der Waals surface area contributed by atoms with Crippen molar-refractivity contribution in [1.29, 1.82) is 0 Å². The van der Waals surface area contributed by atoms with Gasteiger partial charge in [-0.1, -0.05) is 147 Å². The van der Waals surface area contributed by atoms with Gasteiger partial charge < -0.3 is 5.11 Å². The van der Waals surface area contributed by atoms with E-state index in [1.807, 2.05) is 36.7 Å². The molecule has 0 fully saturated rings. The molecule has 0 saturated carbocycles. The van der Waals surface area contributed by atoms with E-state index >= 15 is 0 Å². The fourth-order valence-electron chi connectivity index (χ4n) is 9.27. The first kappa shape index (κ1) is 42.6. The molecular formula is C61H56N4O. The second kappa shape index (κ2) is 16.0. The van der Waals surface area contributed by atoms with Crippen molar-refractivity contribution in [2.24, 2.45) is 0 Å². The Balaban J connectivity index is 1.29. The van der Waals surface area contributed by atoms with Gasteiger partial charge in [0.1, 0.15) is 11.6 Å². The maximum atomic E-state index is 11.8. The standard InChI is InChI=1S/C61H56N4O/c1-59(2,3)42-23-26-45(27-24-42)65-54-34-41(47-21-15-17-38-16-10-11-20-46(38)47)33-49(57(54)64-58(65)52-35-43(60(4,5)6)25-28-55(52)66)39-18-14-19-40(32-39)50-36-44(61(7,8)9)37-51-48(29-31-63-56(50)51)53-22-12-13-30-62-53/h10-37,66H,1-9H3. The number of phenolic OH excluding ortho intramolecular Hbond substituents is 1. The van der Waals surface area contributed by atoms with Crippen molar-refractivity contribution in [3.05, 3.63) is 187 Å². The van der Waals surface area contributed by atoms with Crippen LogP contribution in [-0.2, 0) is 16.2 Å². The summed E-state index contributed by atoms with van der Waals surface area (Å²) >= 11 is 0. The molecule has 5 nitrogen and oxygen atoms in total. The number of aromatic nitrogens is 4. The molecule has 0 aliphatic rings. The number of benzene rings is 7. The molecule has 3 aromatic heterocycles. The van der Waals surface area contributed by atoms with Crippen LogP contribution in [0.25, 0.3) is 94.4 Å². The highest BCUT2D eigenvalue weighted by Crippen LogP contribution is 2.44. The Kier molecular flexibility index (Phi) is 10.3. The summed E-state index contributed by atoms with van der Waals surface area (Å²) in [5.41, 5.74) is 16.0. The normalized spacial score (nSPS) is 12.4. The highest BCUT2D eigenvalue weighted by atomic mass is 16.3. The van der Waals surface area contributed by atoms with Crippen LogP contribution >= 0.6 is 0 Å². The molecule has 7 aromatic carbocycles. The SMILES string of the molecule is CC(C)(C)c1ccc(-n2c(-c3cc(C(C)(C)C)ccc3O)nc3c(-c4cccc(-c5cc(C(C)(C)C)cc6c(-c7ccccn7)ccnc56)c4)cc(-c4cccc5ccccc45)cc32)cc1. The Morgan fingerprint density at radius 3 is 1.79 bits per heavy atom. The van der Waals surface area contributed by atoms with E-state index in [9.17, 15) is 5.11 Å². The minimum absolute atomic E-state index is 0.0232. The summed E-state index contributed by atoms with van der Waals surface area (Å²) in [7, 11) is 0. The first-order valence-corrected chi connectivity index (χ1v) is 23.0. The van der Waals surface area contributed by atoms with Gasteiger partial charge in [0.05, 0.1) is 27.8 Å². The predicted molar refractivity (Wildman–Crippen MR) is 277 cm³/mol. The average Bonchev–Trinajstić information content (AvgIpc) is 3.69. The third kappa shape index (κ3) is 7.72. The van der Waals surface area contributed by atoms with Crippen molar-refractivity contribution >= 4 is 32.7 Å². The van der Waals surface area contributed by atoms with E-state index < -0.39 is 0 Å². The zero-order chi connectivity index (χ0) is 46.1. The molecule has 0 amide bonds. The van der Waals surface area contributed by atoms with Crippen molar-refractivity contribution in [1.82, 2.24) is 19.5 Å². The lowest BCUT2D eigenvalue weighted by Crippen LogP contribution is -2.11. The second-order valence-electron chi connectivity index (χ2n) is 20.8. The van der Waals surface area contributed by atoms with Crippen molar-refractivity contribution < 1.29 is 5.11 Å². The summed E-state index contributed by atoms with van der Waals surface area (Å²) in [6, 6.07) is 56.1. The number of aromatic hydroxyl groups is 1.